The zero-order valence-corrected chi connectivity index (χ0v) is 24.0. The number of alkyl carbamates (subject to hydrolysis) is 1. The second kappa shape index (κ2) is 17.4. The normalized spacial score (nSPS) is 12.8. The van der Waals surface area contributed by atoms with Crippen LogP contribution in [0.15, 0.2) is 48.5 Å². The fourth-order valence-corrected chi connectivity index (χ4v) is 5.43. The monoisotopic (exact) mass is 550 g/mol. The molecule has 2 aromatic carbocycles. The van der Waals surface area contributed by atoms with Crippen molar-refractivity contribution in [2.45, 2.75) is 102 Å². The van der Waals surface area contributed by atoms with Crippen LogP contribution in [-0.2, 0) is 14.3 Å². The van der Waals surface area contributed by atoms with Gasteiger partial charge in [0.05, 0.1) is 0 Å². The smallest absolute Gasteiger partial charge is 0.407 e. The number of ether oxygens (including phenoxy) is 1. The summed E-state index contributed by atoms with van der Waals surface area (Å²) in [5.74, 6) is -1.13. The van der Waals surface area contributed by atoms with Gasteiger partial charge in [-0.25, -0.2) is 9.59 Å². The van der Waals surface area contributed by atoms with Gasteiger partial charge in [0.2, 0.25) is 5.91 Å². The van der Waals surface area contributed by atoms with Crippen molar-refractivity contribution in [1.82, 2.24) is 10.6 Å². The Morgan fingerprint density at radius 2 is 1.38 bits per heavy atom. The minimum atomic E-state index is -1.09. The van der Waals surface area contributed by atoms with Crippen molar-refractivity contribution in [1.29, 1.82) is 0 Å². The molecule has 0 radical (unpaired) electrons. The molecule has 40 heavy (non-hydrogen) atoms. The summed E-state index contributed by atoms with van der Waals surface area (Å²) in [6.45, 7) is 2.87. The summed E-state index contributed by atoms with van der Waals surface area (Å²) in [5, 5.41) is 15.0. The molecule has 7 heteroatoms. The Labute approximate surface area is 239 Å². The largest absolute Gasteiger partial charge is 0.480 e. The zero-order chi connectivity index (χ0) is 28.6. The molecule has 0 fully saturated rings. The van der Waals surface area contributed by atoms with Crippen molar-refractivity contribution >= 4 is 18.0 Å². The number of amides is 2. The number of hydrogen-bond acceptors (Lipinski definition) is 4. The molecule has 2 aromatic rings. The van der Waals surface area contributed by atoms with Crippen LogP contribution >= 0.6 is 0 Å². The summed E-state index contributed by atoms with van der Waals surface area (Å²) in [7, 11) is 0. The van der Waals surface area contributed by atoms with E-state index in [-0.39, 0.29) is 24.9 Å². The zero-order valence-electron chi connectivity index (χ0n) is 24.0. The number of aliphatic carboxylic acids is 1. The Kier molecular flexibility index (Phi) is 13.5. The van der Waals surface area contributed by atoms with E-state index < -0.39 is 18.1 Å². The van der Waals surface area contributed by atoms with Crippen LogP contribution in [0.4, 0.5) is 4.79 Å². The van der Waals surface area contributed by atoms with Gasteiger partial charge in [0.15, 0.2) is 0 Å². The number of fused-ring (bicyclic) bond motifs is 3. The van der Waals surface area contributed by atoms with E-state index in [4.69, 9.17) is 4.74 Å². The van der Waals surface area contributed by atoms with E-state index in [0.717, 1.165) is 35.1 Å². The number of hydrogen-bond donors (Lipinski definition) is 3. The molecule has 2 amide bonds. The number of nitrogens with one attached hydrogen (secondary N) is 2. The Bertz CT molecular complexity index is 1040. The molecule has 7 nitrogen and oxygen atoms in total. The van der Waals surface area contributed by atoms with Crippen LogP contribution in [-0.4, -0.2) is 42.3 Å². The Morgan fingerprint density at radius 3 is 1.98 bits per heavy atom. The summed E-state index contributed by atoms with van der Waals surface area (Å²) < 4.78 is 5.49. The summed E-state index contributed by atoms with van der Waals surface area (Å²) >= 11 is 0. The van der Waals surface area contributed by atoms with Gasteiger partial charge in [-0.05, 0) is 47.9 Å². The molecular formula is C33H46N2O5. The summed E-state index contributed by atoms with van der Waals surface area (Å²) in [5.41, 5.74) is 4.48. The molecule has 1 aliphatic rings. The van der Waals surface area contributed by atoms with Crippen LogP contribution < -0.4 is 10.6 Å². The average Bonchev–Trinajstić information content (AvgIpc) is 3.28. The van der Waals surface area contributed by atoms with Gasteiger partial charge in [-0.15, -0.1) is 0 Å². The van der Waals surface area contributed by atoms with E-state index in [1.54, 1.807) is 0 Å². The molecule has 0 spiro atoms. The minimum Gasteiger partial charge on any atom is -0.480 e. The minimum absolute atomic E-state index is 0.0505. The lowest BCUT2D eigenvalue weighted by Gasteiger charge is -2.17. The van der Waals surface area contributed by atoms with E-state index in [9.17, 15) is 19.5 Å². The molecule has 1 aliphatic carbocycles. The van der Waals surface area contributed by atoms with Crippen LogP contribution in [0.25, 0.3) is 11.1 Å². The molecule has 0 saturated carbocycles. The highest BCUT2D eigenvalue weighted by atomic mass is 16.5. The SMILES string of the molecule is CCCCCCCCCCCC(=O)NCCCCC(NC(=O)OCC1c2ccccc2-c2ccccc21)C(=O)O. The van der Waals surface area contributed by atoms with Gasteiger partial charge in [0.1, 0.15) is 12.6 Å². The first-order valence-electron chi connectivity index (χ1n) is 15.1. The first-order valence-corrected chi connectivity index (χ1v) is 15.1. The standard InChI is InChI=1S/C33H46N2O5/c1-2-3-4-5-6-7-8-9-10-22-31(36)34-23-16-15-21-30(32(37)38)35-33(39)40-24-29-27-19-13-11-17-25(27)26-18-12-14-20-28(26)29/h11-14,17-20,29-30H,2-10,15-16,21-24H2,1H3,(H,34,36)(H,35,39)(H,37,38). The number of carbonyl (C=O) groups excluding carboxylic acids is 2. The Morgan fingerprint density at radius 1 is 0.800 bits per heavy atom. The first kappa shape index (κ1) is 31.2. The first-order chi connectivity index (χ1) is 19.5. The number of rotatable bonds is 19. The van der Waals surface area contributed by atoms with Crippen molar-refractivity contribution in [3.05, 3.63) is 59.7 Å². The van der Waals surface area contributed by atoms with Gasteiger partial charge in [-0.3, -0.25) is 4.79 Å². The van der Waals surface area contributed by atoms with Crippen molar-refractivity contribution in [3.8, 4) is 11.1 Å². The van der Waals surface area contributed by atoms with Crippen LogP contribution in [0.5, 0.6) is 0 Å². The predicted molar refractivity (Wildman–Crippen MR) is 158 cm³/mol. The highest BCUT2D eigenvalue weighted by molar-refractivity contribution is 5.81. The fourth-order valence-electron chi connectivity index (χ4n) is 5.43. The highest BCUT2D eigenvalue weighted by Crippen LogP contribution is 2.44. The lowest BCUT2D eigenvalue weighted by atomic mass is 9.98. The molecule has 0 bridgehead atoms. The molecule has 3 rings (SSSR count). The van der Waals surface area contributed by atoms with Gasteiger partial charge in [-0.2, -0.15) is 0 Å². The molecular weight excluding hydrogens is 504 g/mol. The lowest BCUT2D eigenvalue weighted by Crippen LogP contribution is -2.41. The molecule has 1 atom stereocenters. The Balaban J connectivity index is 1.28. The summed E-state index contributed by atoms with van der Waals surface area (Å²) in [4.78, 5) is 36.3. The van der Waals surface area contributed by atoms with Gasteiger partial charge >= 0.3 is 12.1 Å². The van der Waals surface area contributed by atoms with Crippen molar-refractivity contribution in [3.63, 3.8) is 0 Å². The topological polar surface area (TPSA) is 105 Å². The van der Waals surface area contributed by atoms with E-state index >= 15 is 0 Å². The van der Waals surface area contributed by atoms with Crippen LogP contribution in [0.2, 0.25) is 0 Å². The number of unbranched alkanes of at least 4 members (excludes halogenated alkanes) is 9. The molecule has 218 valence electrons. The van der Waals surface area contributed by atoms with Crippen LogP contribution in [0.3, 0.4) is 0 Å². The van der Waals surface area contributed by atoms with E-state index in [1.807, 2.05) is 36.4 Å². The number of benzene rings is 2. The maximum absolute atomic E-state index is 12.5. The molecule has 0 heterocycles. The third kappa shape index (κ3) is 10.00. The molecule has 0 saturated heterocycles. The maximum atomic E-state index is 12.5. The van der Waals surface area contributed by atoms with Gasteiger partial charge in [0.25, 0.3) is 0 Å². The van der Waals surface area contributed by atoms with Gasteiger partial charge in [-0.1, -0.05) is 107 Å². The summed E-state index contributed by atoms with van der Waals surface area (Å²) in [6.07, 6.45) is 12.3. The molecule has 0 aromatic heterocycles. The van der Waals surface area contributed by atoms with Crippen molar-refractivity contribution < 1.29 is 24.2 Å². The second-order valence-electron chi connectivity index (χ2n) is 10.8. The number of carbonyl (C=O) groups is 3. The highest BCUT2D eigenvalue weighted by Gasteiger charge is 2.29. The third-order valence-corrected chi connectivity index (χ3v) is 7.68. The lowest BCUT2D eigenvalue weighted by molar-refractivity contribution is -0.139. The second-order valence-corrected chi connectivity index (χ2v) is 10.8. The van der Waals surface area contributed by atoms with E-state index in [1.165, 1.54) is 44.9 Å². The molecule has 1 unspecified atom stereocenters. The van der Waals surface area contributed by atoms with Crippen molar-refractivity contribution in [2.24, 2.45) is 0 Å². The number of carboxylic acid groups (broad SMARTS) is 1. The molecule has 0 aliphatic heterocycles. The van der Waals surface area contributed by atoms with E-state index in [2.05, 4.69) is 29.7 Å². The predicted octanol–water partition coefficient (Wildman–Crippen LogP) is 7.19. The Hall–Kier alpha value is -3.35. The van der Waals surface area contributed by atoms with E-state index in [0.29, 0.717) is 25.8 Å². The maximum Gasteiger partial charge on any atom is 0.407 e. The van der Waals surface area contributed by atoms with Crippen LogP contribution in [0.1, 0.15) is 107 Å². The van der Waals surface area contributed by atoms with Gasteiger partial charge < -0.3 is 20.5 Å². The van der Waals surface area contributed by atoms with Crippen LogP contribution in [0, 0.1) is 0 Å². The summed E-state index contributed by atoms with van der Waals surface area (Å²) in [6, 6.07) is 15.1. The van der Waals surface area contributed by atoms with Gasteiger partial charge in [0, 0.05) is 18.9 Å². The molecule has 3 N–H and O–H groups in total. The average molecular weight is 551 g/mol. The van der Waals surface area contributed by atoms with Crippen molar-refractivity contribution in [2.75, 3.05) is 13.2 Å². The third-order valence-electron chi connectivity index (χ3n) is 7.68. The quantitative estimate of drug-likeness (QED) is 0.161. The number of carboxylic acids is 1. The fraction of sp³-hybridized carbons (Fsp3) is 0.545.